The van der Waals surface area contributed by atoms with E-state index >= 15 is 0 Å². The molecule has 7 heteroatoms. The molecule has 2 rings (SSSR count). The van der Waals surface area contributed by atoms with Crippen molar-refractivity contribution in [2.75, 3.05) is 0 Å². The monoisotopic (exact) mass is 313 g/mol. The lowest BCUT2D eigenvalue weighted by molar-refractivity contribution is 0.576. The first kappa shape index (κ1) is 15.0. The molecule has 0 radical (unpaired) electrons. The third kappa shape index (κ3) is 3.03. The van der Waals surface area contributed by atoms with Gasteiger partial charge in [0.1, 0.15) is 0 Å². The summed E-state index contributed by atoms with van der Waals surface area (Å²) in [7, 11) is -1.81. The molecule has 0 aliphatic carbocycles. The van der Waals surface area contributed by atoms with Crippen molar-refractivity contribution in [1.82, 2.24) is 14.5 Å². The third-order valence-corrected chi connectivity index (χ3v) is 5.06. The molecule has 20 heavy (non-hydrogen) atoms. The molecule has 1 aromatic carbocycles. The van der Waals surface area contributed by atoms with Gasteiger partial charge in [-0.1, -0.05) is 11.6 Å². The number of nitrogens with one attached hydrogen (secondary N) is 1. The molecule has 108 valence electrons. The number of halogens is 1. The van der Waals surface area contributed by atoms with Gasteiger partial charge in [0.2, 0.25) is 10.0 Å². The van der Waals surface area contributed by atoms with Gasteiger partial charge in [-0.15, -0.1) is 0 Å². The first-order chi connectivity index (χ1) is 9.31. The van der Waals surface area contributed by atoms with E-state index in [1.807, 2.05) is 0 Å². The van der Waals surface area contributed by atoms with Gasteiger partial charge in [0.25, 0.3) is 0 Å². The predicted octanol–water partition coefficient (Wildman–Crippen LogP) is 2.17. The van der Waals surface area contributed by atoms with E-state index in [2.05, 4.69) is 9.82 Å². The second kappa shape index (κ2) is 5.55. The van der Waals surface area contributed by atoms with E-state index in [0.29, 0.717) is 10.6 Å². The van der Waals surface area contributed by atoms with Crippen LogP contribution in [0.25, 0.3) is 0 Å². The normalized spacial score (nSPS) is 11.8. The Morgan fingerprint density at radius 3 is 2.60 bits per heavy atom. The average molecular weight is 314 g/mol. The Labute approximate surface area is 123 Å². The van der Waals surface area contributed by atoms with E-state index in [4.69, 9.17) is 11.6 Å². The largest absolute Gasteiger partial charge is 0.271 e. The minimum absolute atomic E-state index is 0.194. The molecule has 1 aromatic heterocycles. The molecule has 0 bridgehead atoms. The summed E-state index contributed by atoms with van der Waals surface area (Å²) in [6.07, 6.45) is 1.63. The Morgan fingerprint density at radius 2 is 2.00 bits per heavy atom. The van der Waals surface area contributed by atoms with Crippen LogP contribution >= 0.6 is 11.6 Å². The second-order valence-corrected chi connectivity index (χ2v) is 6.78. The van der Waals surface area contributed by atoms with Gasteiger partial charge in [0, 0.05) is 18.3 Å². The van der Waals surface area contributed by atoms with Crippen LogP contribution in [0, 0.1) is 13.8 Å². The van der Waals surface area contributed by atoms with Gasteiger partial charge in [-0.05, 0) is 43.2 Å². The summed E-state index contributed by atoms with van der Waals surface area (Å²) in [5, 5.41) is 4.56. The van der Waals surface area contributed by atoms with Crippen molar-refractivity contribution < 1.29 is 8.42 Å². The molecule has 0 atom stereocenters. The Hall–Kier alpha value is -1.37. The Kier molecular flexibility index (Phi) is 4.17. The fourth-order valence-electron chi connectivity index (χ4n) is 1.87. The van der Waals surface area contributed by atoms with Crippen molar-refractivity contribution in [2.45, 2.75) is 25.3 Å². The van der Waals surface area contributed by atoms with Gasteiger partial charge in [0.05, 0.1) is 17.1 Å². The summed E-state index contributed by atoms with van der Waals surface area (Å²) >= 11 is 5.99. The topological polar surface area (TPSA) is 64.0 Å². The number of aromatic nitrogens is 2. The highest BCUT2D eigenvalue weighted by molar-refractivity contribution is 7.89. The molecule has 2 aromatic rings. The molecule has 0 aliphatic rings. The SMILES string of the molecule is Cc1cc(S(=O)(=O)NCc2ccnn2C)c(C)cc1Cl. The maximum atomic E-state index is 12.3. The molecule has 0 fully saturated rings. The molecule has 0 spiro atoms. The summed E-state index contributed by atoms with van der Waals surface area (Å²) in [4.78, 5) is 0.251. The second-order valence-electron chi connectivity index (χ2n) is 4.64. The maximum Gasteiger partial charge on any atom is 0.241 e. The zero-order valence-corrected chi connectivity index (χ0v) is 13.1. The van der Waals surface area contributed by atoms with Crippen LogP contribution in [0.3, 0.4) is 0 Å². The summed E-state index contributed by atoms with van der Waals surface area (Å²) in [5.41, 5.74) is 2.15. The van der Waals surface area contributed by atoms with E-state index in [-0.39, 0.29) is 11.4 Å². The molecular formula is C13H16ClN3O2S. The molecule has 5 nitrogen and oxygen atoms in total. The number of nitrogens with zero attached hydrogens (tertiary/aromatic N) is 2. The lowest BCUT2D eigenvalue weighted by atomic mass is 10.2. The van der Waals surface area contributed by atoms with Crippen LogP contribution in [-0.4, -0.2) is 18.2 Å². The number of hydrogen-bond acceptors (Lipinski definition) is 3. The molecule has 0 aliphatic heterocycles. The fourth-order valence-corrected chi connectivity index (χ4v) is 3.39. The highest BCUT2D eigenvalue weighted by Gasteiger charge is 2.18. The number of aryl methyl sites for hydroxylation is 3. The maximum absolute atomic E-state index is 12.3. The summed E-state index contributed by atoms with van der Waals surface area (Å²) < 4.78 is 28.9. The lowest BCUT2D eigenvalue weighted by Gasteiger charge is -2.11. The third-order valence-electron chi connectivity index (χ3n) is 3.11. The van der Waals surface area contributed by atoms with Gasteiger partial charge >= 0.3 is 0 Å². The van der Waals surface area contributed by atoms with Crippen LogP contribution in [0.5, 0.6) is 0 Å². The minimum atomic E-state index is -3.57. The van der Waals surface area contributed by atoms with Gasteiger partial charge in [0.15, 0.2) is 0 Å². The quantitative estimate of drug-likeness (QED) is 0.941. The van der Waals surface area contributed by atoms with Crippen LogP contribution in [0.15, 0.2) is 29.3 Å². The van der Waals surface area contributed by atoms with Crippen LogP contribution in [0.4, 0.5) is 0 Å². The van der Waals surface area contributed by atoms with Crippen molar-refractivity contribution in [3.05, 3.63) is 46.2 Å². The highest BCUT2D eigenvalue weighted by atomic mass is 35.5. The van der Waals surface area contributed by atoms with Crippen molar-refractivity contribution >= 4 is 21.6 Å². The van der Waals surface area contributed by atoms with Crippen LogP contribution < -0.4 is 4.72 Å². The molecule has 0 saturated carbocycles. The van der Waals surface area contributed by atoms with E-state index < -0.39 is 10.0 Å². The summed E-state index contributed by atoms with van der Waals surface area (Å²) in [6, 6.07) is 5.02. The van der Waals surface area contributed by atoms with E-state index in [1.165, 1.54) is 0 Å². The first-order valence-electron chi connectivity index (χ1n) is 6.04. The zero-order chi connectivity index (χ0) is 14.9. The van der Waals surface area contributed by atoms with Gasteiger partial charge in [-0.25, -0.2) is 13.1 Å². The Balaban J connectivity index is 2.27. The molecule has 0 saturated heterocycles. The van der Waals surface area contributed by atoms with E-state index in [1.54, 1.807) is 50.0 Å². The van der Waals surface area contributed by atoms with E-state index in [0.717, 1.165) is 11.3 Å². The van der Waals surface area contributed by atoms with Crippen LogP contribution in [0.2, 0.25) is 5.02 Å². The Morgan fingerprint density at radius 1 is 1.30 bits per heavy atom. The zero-order valence-electron chi connectivity index (χ0n) is 11.5. The molecule has 1 heterocycles. The Bertz CT molecular complexity index is 738. The number of rotatable bonds is 4. The van der Waals surface area contributed by atoms with Gasteiger partial charge < -0.3 is 0 Å². The average Bonchev–Trinajstić information content (AvgIpc) is 2.77. The lowest BCUT2D eigenvalue weighted by Crippen LogP contribution is -2.25. The van der Waals surface area contributed by atoms with Crippen molar-refractivity contribution in [3.63, 3.8) is 0 Å². The van der Waals surface area contributed by atoms with Crippen molar-refractivity contribution in [3.8, 4) is 0 Å². The number of hydrogen-bond donors (Lipinski definition) is 1. The molecule has 1 N–H and O–H groups in total. The summed E-state index contributed by atoms with van der Waals surface area (Å²) in [6.45, 7) is 3.70. The molecular weight excluding hydrogens is 298 g/mol. The van der Waals surface area contributed by atoms with E-state index in [9.17, 15) is 8.42 Å². The first-order valence-corrected chi connectivity index (χ1v) is 7.90. The highest BCUT2D eigenvalue weighted by Crippen LogP contribution is 2.23. The van der Waals surface area contributed by atoms with Crippen LogP contribution in [0.1, 0.15) is 16.8 Å². The molecule has 0 amide bonds. The molecule has 0 unspecified atom stereocenters. The van der Waals surface area contributed by atoms with Crippen LogP contribution in [-0.2, 0) is 23.6 Å². The standard InChI is InChI=1S/C13H16ClN3O2S/c1-9-7-13(10(2)6-12(9)14)20(18,19)16-8-11-4-5-15-17(11)3/h4-7,16H,8H2,1-3H3. The number of benzene rings is 1. The van der Waals surface area contributed by atoms with Crippen molar-refractivity contribution in [1.29, 1.82) is 0 Å². The van der Waals surface area contributed by atoms with Crippen molar-refractivity contribution in [2.24, 2.45) is 7.05 Å². The minimum Gasteiger partial charge on any atom is -0.271 e. The predicted molar refractivity (Wildman–Crippen MR) is 78.2 cm³/mol. The number of sulfonamides is 1. The van der Waals surface area contributed by atoms with Gasteiger partial charge in [-0.2, -0.15) is 5.10 Å². The summed E-state index contributed by atoms with van der Waals surface area (Å²) in [5.74, 6) is 0. The fraction of sp³-hybridized carbons (Fsp3) is 0.308. The van der Waals surface area contributed by atoms with Gasteiger partial charge in [-0.3, -0.25) is 4.68 Å². The smallest absolute Gasteiger partial charge is 0.241 e.